The average Bonchev–Trinajstić information content (AvgIpc) is 2.31. The summed E-state index contributed by atoms with van der Waals surface area (Å²) in [5, 5.41) is 28.7. The predicted octanol–water partition coefficient (Wildman–Crippen LogP) is 1.29. The molecule has 0 heterocycles. The molecule has 0 saturated carbocycles. The maximum Gasteiger partial charge on any atom is 0.295 e. The summed E-state index contributed by atoms with van der Waals surface area (Å²) in [6, 6.07) is 2.07. The summed E-state index contributed by atoms with van der Waals surface area (Å²) in [6.07, 6.45) is 0. The van der Waals surface area contributed by atoms with Crippen LogP contribution in [0.5, 0.6) is 0 Å². The zero-order valence-corrected chi connectivity index (χ0v) is 10.9. The van der Waals surface area contributed by atoms with Crippen LogP contribution in [0.1, 0.15) is 0 Å². The quantitative estimate of drug-likeness (QED) is 0.608. The van der Waals surface area contributed by atoms with Gasteiger partial charge in [-0.25, -0.2) is 4.39 Å². The van der Waals surface area contributed by atoms with Gasteiger partial charge in [0, 0.05) is 13.1 Å². The van der Waals surface area contributed by atoms with Crippen molar-refractivity contribution in [1.29, 1.82) is 0 Å². The van der Waals surface area contributed by atoms with Crippen LogP contribution in [0.15, 0.2) is 16.6 Å². The van der Waals surface area contributed by atoms with Gasteiger partial charge in [-0.1, -0.05) is 0 Å². The first-order valence-electron chi connectivity index (χ1n) is 5.11. The van der Waals surface area contributed by atoms with Crippen LogP contribution in [0.4, 0.5) is 15.8 Å². The fourth-order valence-corrected chi connectivity index (χ4v) is 1.85. The molecule has 0 unspecified atom stereocenters. The molecule has 100 valence electrons. The Morgan fingerprint density at radius 1 is 1.33 bits per heavy atom. The molecule has 1 aromatic rings. The summed E-state index contributed by atoms with van der Waals surface area (Å²) in [5.74, 6) is -0.738. The third-order valence-corrected chi connectivity index (χ3v) is 2.90. The van der Waals surface area contributed by atoms with Gasteiger partial charge in [0.25, 0.3) is 5.69 Å². The van der Waals surface area contributed by atoms with Crippen molar-refractivity contribution in [3.8, 4) is 0 Å². The molecule has 8 heteroatoms. The molecule has 1 rings (SSSR count). The van der Waals surface area contributed by atoms with E-state index in [1.54, 1.807) is 0 Å². The van der Waals surface area contributed by atoms with Gasteiger partial charge in [-0.05, 0) is 22.0 Å². The first kappa shape index (κ1) is 14.8. The molecular weight excluding hydrogens is 311 g/mol. The van der Waals surface area contributed by atoms with E-state index in [-0.39, 0.29) is 36.5 Å². The highest BCUT2D eigenvalue weighted by molar-refractivity contribution is 9.10. The Kier molecular flexibility index (Phi) is 5.45. The van der Waals surface area contributed by atoms with E-state index >= 15 is 0 Å². The fraction of sp³-hybridized carbons (Fsp3) is 0.400. The highest BCUT2D eigenvalue weighted by Gasteiger charge is 2.22. The fourth-order valence-electron chi connectivity index (χ4n) is 1.52. The number of anilines is 1. The Balaban J connectivity index is 3.25. The second-order valence-electron chi connectivity index (χ2n) is 3.45. The molecule has 0 radical (unpaired) electrons. The van der Waals surface area contributed by atoms with E-state index in [0.29, 0.717) is 0 Å². The predicted molar refractivity (Wildman–Crippen MR) is 67.1 cm³/mol. The summed E-state index contributed by atoms with van der Waals surface area (Å²) in [6.45, 7) is -0.239. The van der Waals surface area contributed by atoms with Crippen molar-refractivity contribution < 1.29 is 19.5 Å². The number of aliphatic hydroxyl groups excluding tert-OH is 2. The Bertz CT molecular complexity index is 438. The van der Waals surface area contributed by atoms with Crippen molar-refractivity contribution in [2.75, 3.05) is 31.2 Å². The molecule has 2 N–H and O–H groups in total. The average molecular weight is 323 g/mol. The maximum atomic E-state index is 13.3. The van der Waals surface area contributed by atoms with E-state index in [9.17, 15) is 14.5 Å². The lowest BCUT2D eigenvalue weighted by atomic mass is 10.2. The topological polar surface area (TPSA) is 86.8 Å². The van der Waals surface area contributed by atoms with E-state index in [2.05, 4.69) is 15.9 Å². The molecule has 18 heavy (non-hydrogen) atoms. The second kappa shape index (κ2) is 6.62. The number of nitro groups is 1. The molecule has 0 bridgehead atoms. The first-order valence-corrected chi connectivity index (χ1v) is 5.90. The highest BCUT2D eigenvalue weighted by atomic mass is 79.9. The SMILES string of the molecule is O=[N+]([O-])c1cc(F)c(Br)cc1N(CCO)CCO. The van der Waals surface area contributed by atoms with Crippen LogP contribution in [0.3, 0.4) is 0 Å². The standard InChI is InChI=1S/C10H12BrFN2O4/c11-7-5-9(13(1-3-15)2-4-16)10(14(17)18)6-8(7)12/h5-6,15-16H,1-4H2. The van der Waals surface area contributed by atoms with E-state index in [0.717, 1.165) is 6.07 Å². The van der Waals surface area contributed by atoms with Gasteiger partial charge in [0.2, 0.25) is 0 Å². The lowest BCUT2D eigenvalue weighted by Gasteiger charge is -2.22. The Morgan fingerprint density at radius 2 is 1.89 bits per heavy atom. The summed E-state index contributed by atoms with van der Waals surface area (Å²) in [5.41, 5.74) is -0.256. The van der Waals surface area contributed by atoms with Crippen LogP contribution >= 0.6 is 15.9 Å². The lowest BCUT2D eigenvalue weighted by molar-refractivity contribution is -0.384. The van der Waals surface area contributed by atoms with Crippen molar-refractivity contribution in [2.24, 2.45) is 0 Å². The van der Waals surface area contributed by atoms with Gasteiger partial charge in [0.15, 0.2) is 0 Å². The minimum atomic E-state index is -0.738. The Hall–Kier alpha value is -1.25. The molecule has 1 aromatic carbocycles. The van der Waals surface area contributed by atoms with Gasteiger partial charge in [0.05, 0.1) is 28.7 Å². The van der Waals surface area contributed by atoms with Crippen LogP contribution in [0, 0.1) is 15.9 Å². The molecule has 0 spiro atoms. The molecule has 0 aliphatic rings. The van der Waals surface area contributed by atoms with Gasteiger partial charge >= 0.3 is 0 Å². The number of rotatable bonds is 6. The third-order valence-electron chi connectivity index (χ3n) is 2.29. The number of halogens is 2. The molecule has 0 atom stereocenters. The number of aliphatic hydroxyl groups is 2. The van der Waals surface area contributed by atoms with E-state index in [1.807, 2.05) is 0 Å². The smallest absolute Gasteiger partial charge is 0.295 e. The van der Waals surface area contributed by atoms with Crippen LogP contribution in [-0.4, -0.2) is 41.4 Å². The molecule has 0 fully saturated rings. The van der Waals surface area contributed by atoms with Crippen molar-refractivity contribution in [3.05, 3.63) is 32.5 Å². The third kappa shape index (κ3) is 3.37. The zero-order chi connectivity index (χ0) is 13.7. The van der Waals surface area contributed by atoms with Crippen molar-refractivity contribution in [3.63, 3.8) is 0 Å². The van der Waals surface area contributed by atoms with Gasteiger partial charge in [-0.15, -0.1) is 0 Å². The minimum Gasteiger partial charge on any atom is -0.395 e. The van der Waals surface area contributed by atoms with Gasteiger partial charge < -0.3 is 15.1 Å². The van der Waals surface area contributed by atoms with Crippen LogP contribution < -0.4 is 4.90 Å². The van der Waals surface area contributed by atoms with Crippen molar-refractivity contribution >= 4 is 27.3 Å². The number of benzene rings is 1. The summed E-state index contributed by atoms with van der Waals surface area (Å²) < 4.78 is 13.4. The monoisotopic (exact) mass is 322 g/mol. The lowest BCUT2D eigenvalue weighted by Crippen LogP contribution is -2.30. The van der Waals surface area contributed by atoms with E-state index in [1.165, 1.54) is 11.0 Å². The normalized spacial score (nSPS) is 10.4. The maximum absolute atomic E-state index is 13.3. The first-order chi connectivity index (χ1) is 8.51. The molecule has 0 aliphatic heterocycles. The molecular formula is C10H12BrFN2O4. The molecule has 0 saturated heterocycles. The molecule has 0 amide bonds. The summed E-state index contributed by atoms with van der Waals surface area (Å²) in [4.78, 5) is 11.6. The van der Waals surface area contributed by atoms with Gasteiger partial charge in [0.1, 0.15) is 11.5 Å². The summed E-state index contributed by atoms with van der Waals surface area (Å²) >= 11 is 2.95. The number of nitro benzene ring substituents is 1. The molecule has 0 aliphatic carbocycles. The molecule has 6 nitrogen and oxygen atoms in total. The Labute approximate surface area is 111 Å². The van der Waals surface area contributed by atoms with E-state index in [4.69, 9.17) is 10.2 Å². The minimum absolute atomic E-state index is 0.0870. The molecule has 0 aromatic heterocycles. The van der Waals surface area contributed by atoms with Crippen LogP contribution in [-0.2, 0) is 0 Å². The van der Waals surface area contributed by atoms with E-state index < -0.39 is 16.4 Å². The number of hydrogen-bond acceptors (Lipinski definition) is 5. The van der Waals surface area contributed by atoms with Crippen LogP contribution in [0.2, 0.25) is 0 Å². The van der Waals surface area contributed by atoms with Gasteiger partial charge in [-0.3, -0.25) is 10.1 Å². The number of hydrogen-bond donors (Lipinski definition) is 2. The second-order valence-corrected chi connectivity index (χ2v) is 4.30. The zero-order valence-electron chi connectivity index (χ0n) is 9.34. The van der Waals surface area contributed by atoms with Crippen molar-refractivity contribution in [2.45, 2.75) is 0 Å². The number of nitrogens with zero attached hydrogens (tertiary/aromatic N) is 2. The summed E-state index contributed by atoms with van der Waals surface area (Å²) in [7, 11) is 0. The van der Waals surface area contributed by atoms with Crippen LogP contribution in [0.25, 0.3) is 0 Å². The highest BCUT2D eigenvalue weighted by Crippen LogP contribution is 2.33. The largest absolute Gasteiger partial charge is 0.395 e. The van der Waals surface area contributed by atoms with Gasteiger partial charge in [-0.2, -0.15) is 0 Å². The Morgan fingerprint density at radius 3 is 2.33 bits per heavy atom. The van der Waals surface area contributed by atoms with Crippen molar-refractivity contribution in [1.82, 2.24) is 0 Å².